The van der Waals surface area contributed by atoms with Crippen molar-refractivity contribution in [1.82, 2.24) is 9.88 Å². The maximum Gasteiger partial charge on any atom is 0.321 e. The molecule has 0 saturated heterocycles. The number of urea groups is 1. The molecule has 24 heavy (non-hydrogen) atoms. The molecule has 1 aromatic carbocycles. The van der Waals surface area contributed by atoms with Crippen LogP contribution in [0.15, 0.2) is 36.5 Å². The van der Waals surface area contributed by atoms with Crippen LogP contribution < -0.4 is 5.32 Å². The summed E-state index contributed by atoms with van der Waals surface area (Å²) in [5.41, 5.74) is 1.10. The monoisotopic (exact) mass is 349 g/mol. The Morgan fingerprint density at radius 1 is 1.38 bits per heavy atom. The lowest BCUT2D eigenvalue weighted by molar-refractivity contribution is 0.103. The molecule has 2 amide bonds. The summed E-state index contributed by atoms with van der Waals surface area (Å²) < 4.78 is 0. The maximum absolute atomic E-state index is 12.6. The van der Waals surface area contributed by atoms with E-state index in [2.05, 4.69) is 10.3 Å². The number of hydrogen-bond donors (Lipinski definition) is 3. The number of aliphatic hydroxyl groups is 1. The van der Waals surface area contributed by atoms with Gasteiger partial charge in [-0.25, -0.2) is 4.79 Å². The summed E-state index contributed by atoms with van der Waals surface area (Å²) in [6.07, 6.45) is 1.64. The van der Waals surface area contributed by atoms with Crippen LogP contribution in [0, 0.1) is 0 Å². The normalized spacial score (nSPS) is 11.8. The molecule has 6 nitrogen and oxygen atoms in total. The molecule has 1 heterocycles. The van der Waals surface area contributed by atoms with Crippen LogP contribution in [0.1, 0.15) is 29.4 Å². The molecule has 1 atom stereocenters. The molecule has 0 saturated carbocycles. The van der Waals surface area contributed by atoms with E-state index < -0.39 is 6.10 Å². The Bertz CT molecular complexity index is 714. The quantitative estimate of drug-likeness (QED) is 0.700. The minimum atomic E-state index is -0.485. The number of ketones is 1. The fourth-order valence-corrected chi connectivity index (χ4v) is 2.29. The Morgan fingerprint density at radius 2 is 2.12 bits per heavy atom. The number of benzene rings is 1. The predicted octanol–water partition coefficient (Wildman–Crippen LogP) is 3.13. The van der Waals surface area contributed by atoms with Crippen molar-refractivity contribution in [2.45, 2.75) is 19.4 Å². The van der Waals surface area contributed by atoms with Gasteiger partial charge in [-0.15, -0.1) is 0 Å². The number of halogens is 1. The Labute approximate surface area is 145 Å². The van der Waals surface area contributed by atoms with Gasteiger partial charge in [-0.3, -0.25) is 4.79 Å². The SMILES string of the molecule is CC(O)CCN(C)C(=O)Nc1ccc(Cl)cc1C(=O)c1ccc[nH]1. The van der Waals surface area contributed by atoms with E-state index in [0.29, 0.717) is 34.9 Å². The van der Waals surface area contributed by atoms with Crippen LogP contribution in [0.4, 0.5) is 10.5 Å². The van der Waals surface area contributed by atoms with Crippen LogP contribution in [0.25, 0.3) is 0 Å². The molecule has 3 N–H and O–H groups in total. The molecule has 0 bridgehead atoms. The third-order valence-electron chi connectivity index (χ3n) is 3.54. The van der Waals surface area contributed by atoms with Crippen molar-refractivity contribution in [2.24, 2.45) is 0 Å². The zero-order valence-corrected chi connectivity index (χ0v) is 14.3. The van der Waals surface area contributed by atoms with Crippen molar-refractivity contribution in [3.8, 4) is 0 Å². The summed E-state index contributed by atoms with van der Waals surface area (Å²) in [7, 11) is 1.63. The molecule has 0 aliphatic carbocycles. The highest BCUT2D eigenvalue weighted by molar-refractivity contribution is 6.31. The molecular formula is C17H20ClN3O3. The molecule has 2 rings (SSSR count). The van der Waals surface area contributed by atoms with Crippen molar-refractivity contribution in [1.29, 1.82) is 0 Å². The van der Waals surface area contributed by atoms with Gasteiger partial charge < -0.3 is 20.3 Å². The summed E-state index contributed by atoms with van der Waals surface area (Å²) in [5, 5.41) is 12.4. The Balaban J connectivity index is 2.18. The molecule has 0 aliphatic rings. The molecule has 0 radical (unpaired) electrons. The van der Waals surface area contributed by atoms with E-state index in [0.717, 1.165) is 0 Å². The lowest BCUT2D eigenvalue weighted by Gasteiger charge is -2.19. The lowest BCUT2D eigenvalue weighted by atomic mass is 10.1. The van der Waals surface area contributed by atoms with Gasteiger partial charge in [0.05, 0.1) is 17.5 Å². The number of hydrogen-bond acceptors (Lipinski definition) is 3. The number of aliphatic hydroxyl groups excluding tert-OH is 1. The molecule has 0 fully saturated rings. The first kappa shape index (κ1) is 18.0. The number of rotatable bonds is 6. The maximum atomic E-state index is 12.6. The highest BCUT2D eigenvalue weighted by Gasteiger charge is 2.18. The summed E-state index contributed by atoms with van der Waals surface area (Å²) in [6, 6.07) is 7.75. The van der Waals surface area contributed by atoms with Crippen molar-refractivity contribution in [3.05, 3.63) is 52.8 Å². The highest BCUT2D eigenvalue weighted by atomic mass is 35.5. The van der Waals surface area contributed by atoms with Crippen LogP contribution in [0.2, 0.25) is 5.02 Å². The third-order valence-corrected chi connectivity index (χ3v) is 3.77. The second-order valence-electron chi connectivity index (χ2n) is 5.59. The van der Waals surface area contributed by atoms with Gasteiger partial charge in [-0.1, -0.05) is 11.6 Å². The minimum absolute atomic E-state index is 0.260. The van der Waals surface area contributed by atoms with Gasteiger partial charge in [0, 0.05) is 30.4 Å². The molecule has 0 spiro atoms. The summed E-state index contributed by atoms with van der Waals surface area (Å²) in [5.74, 6) is -0.260. The predicted molar refractivity (Wildman–Crippen MR) is 93.6 cm³/mol. The second kappa shape index (κ2) is 7.99. The van der Waals surface area contributed by atoms with Gasteiger partial charge in [0.25, 0.3) is 0 Å². The number of carbonyl (C=O) groups is 2. The van der Waals surface area contributed by atoms with E-state index in [9.17, 15) is 14.7 Å². The van der Waals surface area contributed by atoms with Crippen LogP contribution in [-0.2, 0) is 0 Å². The van der Waals surface area contributed by atoms with Gasteiger partial charge >= 0.3 is 6.03 Å². The van der Waals surface area contributed by atoms with Gasteiger partial charge in [0.1, 0.15) is 0 Å². The van der Waals surface area contributed by atoms with Crippen LogP contribution >= 0.6 is 11.6 Å². The molecule has 1 aromatic heterocycles. The van der Waals surface area contributed by atoms with E-state index in [1.54, 1.807) is 44.4 Å². The zero-order chi connectivity index (χ0) is 17.7. The molecular weight excluding hydrogens is 330 g/mol. The smallest absolute Gasteiger partial charge is 0.321 e. The minimum Gasteiger partial charge on any atom is -0.393 e. The van der Waals surface area contributed by atoms with Crippen molar-refractivity contribution in [3.63, 3.8) is 0 Å². The first-order valence-electron chi connectivity index (χ1n) is 7.56. The summed E-state index contributed by atoms with van der Waals surface area (Å²) >= 11 is 5.99. The molecule has 128 valence electrons. The average molecular weight is 350 g/mol. The number of H-pyrrole nitrogens is 1. The highest BCUT2D eigenvalue weighted by Crippen LogP contribution is 2.23. The van der Waals surface area contributed by atoms with E-state index in [1.807, 2.05) is 0 Å². The number of anilines is 1. The lowest BCUT2D eigenvalue weighted by Crippen LogP contribution is -2.33. The summed E-state index contributed by atoms with van der Waals surface area (Å²) in [6.45, 7) is 2.06. The number of aromatic amines is 1. The largest absolute Gasteiger partial charge is 0.393 e. The number of nitrogens with one attached hydrogen (secondary N) is 2. The molecule has 0 aliphatic heterocycles. The fourth-order valence-electron chi connectivity index (χ4n) is 2.12. The van der Waals surface area contributed by atoms with Gasteiger partial charge in [-0.2, -0.15) is 0 Å². The van der Waals surface area contributed by atoms with Crippen molar-refractivity contribution < 1.29 is 14.7 Å². The van der Waals surface area contributed by atoms with E-state index in [-0.39, 0.29) is 11.8 Å². The fraction of sp³-hybridized carbons (Fsp3) is 0.294. The molecule has 2 aromatic rings. The van der Waals surface area contributed by atoms with Gasteiger partial charge in [-0.05, 0) is 43.7 Å². The van der Waals surface area contributed by atoms with Crippen molar-refractivity contribution >= 4 is 29.1 Å². The number of nitrogens with zero attached hydrogens (tertiary/aromatic N) is 1. The first-order valence-corrected chi connectivity index (χ1v) is 7.94. The zero-order valence-electron chi connectivity index (χ0n) is 13.5. The Hall–Kier alpha value is -2.31. The van der Waals surface area contributed by atoms with Gasteiger partial charge in [0.15, 0.2) is 0 Å². The standard InChI is InChI=1S/C17H20ClN3O3/c1-11(22)7-9-21(2)17(24)20-14-6-5-12(18)10-13(14)16(23)15-4-3-8-19-15/h3-6,8,10-11,19,22H,7,9H2,1-2H3,(H,20,24). The topological polar surface area (TPSA) is 85.4 Å². The second-order valence-corrected chi connectivity index (χ2v) is 6.03. The van der Waals surface area contributed by atoms with E-state index in [4.69, 9.17) is 11.6 Å². The first-order chi connectivity index (χ1) is 11.4. The Kier molecular flexibility index (Phi) is 6.00. The number of carbonyl (C=O) groups excluding carboxylic acids is 2. The Morgan fingerprint density at radius 3 is 2.75 bits per heavy atom. The van der Waals surface area contributed by atoms with Crippen LogP contribution in [0.3, 0.4) is 0 Å². The third kappa shape index (κ3) is 4.59. The molecule has 1 unspecified atom stereocenters. The van der Waals surface area contributed by atoms with Gasteiger partial charge in [0.2, 0.25) is 5.78 Å². The molecule has 7 heteroatoms. The summed E-state index contributed by atoms with van der Waals surface area (Å²) in [4.78, 5) is 29.1. The van der Waals surface area contributed by atoms with Crippen LogP contribution in [-0.4, -0.2) is 46.5 Å². The van der Waals surface area contributed by atoms with E-state index >= 15 is 0 Å². The number of amides is 2. The van der Waals surface area contributed by atoms with Crippen LogP contribution in [0.5, 0.6) is 0 Å². The van der Waals surface area contributed by atoms with Crippen molar-refractivity contribution in [2.75, 3.05) is 18.9 Å². The average Bonchev–Trinajstić information content (AvgIpc) is 3.07. The number of aromatic nitrogens is 1. The van der Waals surface area contributed by atoms with E-state index in [1.165, 1.54) is 11.0 Å².